The van der Waals surface area contributed by atoms with Crippen LogP contribution in [-0.2, 0) is 4.43 Å². The van der Waals surface area contributed by atoms with Gasteiger partial charge in [-0.25, -0.2) is 0 Å². The lowest BCUT2D eigenvalue weighted by Crippen LogP contribution is -2.31. The van der Waals surface area contributed by atoms with Crippen LogP contribution in [0.25, 0.3) is 0 Å². The van der Waals surface area contributed by atoms with Gasteiger partial charge in [-0.15, -0.1) is 0 Å². The number of benzene rings is 1. The van der Waals surface area contributed by atoms with E-state index in [1.807, 2.05) is 0 Å². The maximum absolute atomic E-state index is 6.04. The minimum absolute atomic E-state index is 0.612. The highest BCUT2D eigenvalue weighted by Gasteiger charge is 2.28. The Balaban J connectivity index is 2.18. The normalized spacial score (nSPS) is 19.6. The highest BCUT2D eigenvalue weighted by Crippen LogP contribution is 2.30. The lowest BCUT2D eigenvalue weighted by molar-refractivity contribution is 0.279. The molecule has 0 saturated carbocycles. The fourth-order valence-corrected chi connectivity index (χ4v) is 5.38. The van der Waals surface area contributed by atoms with Crippen LogP contribution < -0.4 is 0 Å². The van der Waals surface area contributed by atoms with Gasteiger partial charge in [0.15, 0.2) is 0 Å². The van der Waals surface area contributed by atoms with Gasteiger partial charge >= 0.3 is 0 Å². The quantitative estimate of drug-likeness (QED) is 0.721. The maximum Gasteiger partial charge on any atom is 0.219 e. The average molecular weight is 233 g/mol. The molecule has 1 aromatic rings. The lowest BCUT2D eigenvalue weighted by Gasteiger charge is -2.28. The van der Waals surface area contributed by atoms with Crippen molar-refractivity contribution in [2.24, 2.45) is 0 Å². The predicted octanol–water partition coefficient (Wildman–Crippen LogP) is 3.83. The first-order chi connectivity index (χ1) is 7.83. The van der Waals surface area contributed by atoms with E-state index >= 15 is 0 Å². The van der Waals surface area contributed by atoms with Crippen LogP contribution in [0.15, 0.2) is 24.3 Å². The van der Waals surface area contributed by atoms with Crippen molar-refractivity contribution >= 4 is 9.04 Å². The molecule has 0 spiro atoms. The van der Waals surface area contributed by atoms with Crippen molar-refractivity contribution in [2.45, 2.75) is 44.7 Å². The molecule has 1 atom stereocenters. The molecule has 1 aliphatic rings. The molecule has 0 amide bonds. The van der Waals surface area contributed by atoms with Crippen molar-refractivity contribution in [2.75, 3.05) is 6.61 Å². The van der Waals surface area contributed by atoms with Gasteiger partial charge in [0.2, 0.25) is 9.04 Å². The molecule has 2 heteroatoms. The van der Waals surface area contributed by atoms with E-state index in [1.165, 1.54) is 36.4 Å². The van der Waals surface area contributed by atoms with Crippen LogP contribution in [0.2, 0.25) is 6.04 Å². The van der Waals surface area contributed by atoms with Gasteiger partial charge in [-0.05, 0) is 36.9 Å². The van der Waals surface area contributed by atoms with Crippen LogP contribution in [0.3, 0.4) is 0 Å². The molecule has 0 N–H and O–H groups in total. The van der Waals surface area contributed by atoms with E-state index in [0.717, 1.165) is 6.61 Å². The number of aryl methyl sites for hydroxylation is 1. The summed E-state index contributed by atoms with van der Waals surface area (Å²) in [7, 11) is -0.612. The minimum Gasteiger partial charge on any atom is -0.416 e. The molecule has 1 saturated heterocycles. The molecule has 1 radical (unpaired) electrons. The van der Waals surface area contributed by atoms with Gasteiger partial charge in [-0.2, -0.15) is 0 Å². The van der Waals surface area contributed by atoms with Crippen LogP contribution in [0.1, 0.15) is 42.9 Å². The molecular formula is C14H21OSi. The highest BCUT2D eigenvalue weighted by atomic mass is 28.3. The summed E-state index contributed by atoms with van der Waals surface area (Å²) in [5.41, 5.74) is 3.65. The second-order valence-corrected chi connectivity index (χ2v) is 7.01. The minimum atomic E-state index is -0.612. The third kappa shape index (κ3) is 2.55. The van der Waals surface area contributed by atoms with Crippen LogP contribution >= 0.6 is 0 Å². The highest BCUT2D eigenvalue weighted by molar-refractivity contribution is 6.53. The first kappa shape index (κ1) is 11.9. The Morgan fingerprint density at radius 1 is 1.31 bits per heavy atom. The zero-order valence-electron chi connectivity index (χ0n) is 10.3. The molecule has 87 valence electrons. The molecule has 0 bridgehead atoms. The van der Waals surface area contributed by atoms with Gasteiger partial charge in [-0.1, -0.05) is 37.6 Å². The van der Waals surface area contributed by atoms with Crippen LogP contribution in [0.4, 0.5) is 0 Å². The topological polar surface area (TPSA) is 9.23 Å². The Hall–Kier alpha value is -0.603. The summed E-state index contributed by atoms with van der Waals surface area (Å²) in [4.78, 5) is 0. The van der Waals surface area contributed by atoms with Crippen molar-refractivity contribution in [1.29, 1.82) is 0 Å². The molecule has 1 fully saturated rings. The van der Waals surface area contributed by atoms with Crippen LogP contribution in [-0.4, -0.2) is 15.6 Å². The van der Waals surface area contributed by atoms with Gasteiger partial charge in [0.1, 0.15) is 0 Å². The SMILES string of the molecule is CCC(c1ccccc1C)[Si]1CCCCO1. The Morgan fingerprint density at radius 3 is 2.75 bits per heavy atom. The van der Waals surface area contributed by atoms with Crippen LogP contribution in [0, 0.1) is 6.92 Å². The molecular weight excluding hydrogens is 212 g/mol. The van der Waals surface area contributed by atoms with Crippen molar-refractivity contribution < 1.29 is 4.43 Å². The summed E-state index contributed by atoms with van der Waals surface area (Å²) in [6.07, 6.45) is 3.86. The van der Waals surface area contributed by atoms with Gasteiger partial charge in [0, 0.05) is 12.1 Å². The van der Waals surface area contributed by atoms with E-state index in [0.29, 0.717) is 5.54 Å². The third-order valence-corrected chi connectivity index (χ3v) is 6.38. The van der Waals surface area contributed by atoms with E-state index in [4.69, 9.17) is 4.43 Å². The summed E-state index contributed by atoms with van der Waals surface area (Å²) in [5, 5.41) is 0. The van der Waals surface area contributed by atoms with E-state index in [-0.39, 0.29) is 0 Å². The second-order valence-electron chi connectivity index (χ2n) is 4.59. The first-order valence-corrected chi connectivity index (χ1v) is 8.06. The molecule has 0 aliphatic carbocycles. The fourth-order valence-electron chi connectivity index (χ4n) is 2.55. The number of hydrogen-bond donors (Lipinski definition) is 0. The van der Waals surface area contributed by atoms with E-state index in [2.05, 4.69) is 38.1 Å². The number of rotatable bonds is 3. The standard InChI is InChI=1S/C14H21OSi/c1-3-14(16-11-7-6-10-15-16)13-9-5-4-8-12(13)2/h4-5,8-9,14H,3,6-7,10-11H2,1-2H3. The molecule has 1 aromatic carbocycles. The molecule has 0 aromatic heterocycles. The van der Waals surface area contributed by atoms with Crippen molar-refractivity contribution in [1.82, 2.24) is 0 Å². The summed E-state index contributed by atoms with van der Waals surface area (Å²) < 4.78 is 6.04. The van der Waals surface area contributed by atoms with Gasteiger partial charge in [0.25, 0.3) is 0 Å². The summed E-state index contributed by atoms with van der Waals surface area (Å²) >= 11 is 0. The van der Waals surface area contributed by atoms with Gasteiger partial charge in [-0.3, -0.25) is 0 Å². The second kappa shape index (κ2) is 5.64. The van der Waals surface area contributed by atoms with Gasteiger partial charge < -0.3 is 4.43 Å². The zero-order chi connectivity index (χ0) is 11.4. The van der Waals surface area contributed by atoms with E-state index in [1.54, 1.807) is 0 Å². The largest absolute Gasteiger partial charge is 0.416 e. The Labute approximate surface area is 101 Å². The van der Waals surface area contributed by atoms with E-state index < -0.39 is 9.04 Å². The maximum atomic E-state index is 6.04. The molecule has 2 rings (SSSR count). The predicted molar refractivity (Wildman–Crippen MR) is 70.0 cm³/mol. The van der Waals surface area contributed by atoms with Crippen LogP contribution in [0.5, 0.6) is 0 Å². The van der Waals surface area contributed by atoms with Crippen molar-refractivity contribution in [3.63, 3.8) is 0 Å². The van der Waals surface area contributed by atoms with Crippen molar-refractivity contribution in [3.8, 4) is 0 Å². The fraction of sp³-hybridized carbons (Fsp3) is 0.571. The summed E-state index contributed by atoms with van der Waals surface area (Å²) in [6, 6.07) is 10.1. The Bertz CT molecular complexity index is 331. The monoisotopic (exact) mass is 233 g/mol. The molecule has 1 unspecified atom stereocenters. The van der Waals surface area contributed by atoms with Gasteiger partial charge in [0.05, 0.1) is 0 Å². The van der Waals surface area contributed by atoms with Crippen molar-refractivity contribution in [3.05, 3.63) is 35.4 Å². The molecule has 1 nitrogen and oxygen atoms in total. The number of hydrogen-bond acceptors (Lipinski definition) is 1. The summed E-state index contributed by atoms with van der Waals surface area (Å²) in [6.45, 7) is 5.52. The molecule has 1 aliphatic heterocycles. The Morgan fingerprint density at radius 2 is 2.12 bits per heavy atom. The third-order valence-electron chi connectivity index (χ3n) is 3.47. The van der Waals surface area contributed by atoms with E-state index in [9.17, 15) is 0 Å². The average Bonchev–Trinajstić information content (AvgIpc) is 2.34. The first-order valence-electron chi connectivity index (χ1n) is 6.37. The molecule has 16 heavy (non-hydrogen) atoms. The zero-order valence-corrected chi connectivity index (χ0v) is 11.3. The smallest absolute Gasteiger partial charge is 0.219 e. The Kier molecular flexibility index (Phi) is 4.19. The summed E-state index contributed by atoms with van der Waals surface area (Å²) in [5.74, 6) is 0. The lowest BCUT2D eigenvalue weighted by atomic mass is 10.0. The molecule has 1 heterocycles.